The van der Waals surface area contributed by atoms with E-state index in [1.54, 1.807) is 35.5 Å². The van der Waals surface area contributed by atoms with Gasteiger partial charge < -0.3 is 19.6 Å². The molecule has 4 aromatic rings. The van der Waals surface area contributed by atoms with Gasteiger partial charge in [-0.15, -0.1) is 0 Å². The van der Waals surface area contributed by atoms with Crippen molar-refractivity contribution in [3.8, 4) is 0 Å². The molecule has 1 spiro atoms. The van der Waals surface area contributed by atoms with E-state index in [-0.39, 0.29) is 30.8 Å². The number of aryl methyl sites for hydroxylation is 1. The monoisotopic (exact) mass is 529 g/mol. The van der Waals surface area contributed by atoms with Crippen LogP contribution in [-0.4, -0.2) is 53.0 Å². The predicted octanol–water partition coefficient (Wildman–Crippen LogP) is 4.35. The lowest BCUT2D eigenvalue weighted by atomic mass is 9.67. The lowest BCUT2D eigenvalue weighted by Gasteiger charge is -2.43. The Kier molecular flexibility index (Phi) is 6.16. The van der Waals surface area contributed by atoms with Crippen LogP contribution in [0.1, 0.15) is 34.3 Å². The molecule has 2 aliphatic heterocycles. The first kappa shape index (κ1) is 24.6. The molecule has 38 heavy (non-hydrogen) atoms. The van der Waals surface area contributed by atoms with E-state index < -0.39 is 5.41 Å². The first-order valence-corrected chi connectivity index (χ1v) is 13.2. The molecule has 2 atom stereocenters. The molecule has 0 aliphatic carbocycles. The molecule has 4 heterocycles. The Morgan fingerprint density at radius 3 is 2.79 bits per heavy atom. The van der Waals surface area contributed by atoms with Crippen molar-refractivity contribution in [2.45, 2.75) is 25.8 Å². The quantitative estimate of drug-likeness (QED) is 0.399. The van der Waals surface area contributed by atoms with Crippen molar-refractivity contribution in [3.63, 3.8) is 0 Å². The second-order valence-corrected chi connectivity index (χ2v) is 10.5. The lowest BCUT2D eigenvalue weighted by Crippen LogP contribution is -2.57. The van der Waals surface area contributed by atoms with Crippen molar-refractivity contribution in [2.24, 2.45) is 5.92 Å². The van der Waals surface area contributed by atoms with Crippen LogP contribution in [0.3, 0.4) is 0 Å². The Hall–Kier alpha value is -3.75. The molecule has 1 fully saturated rings. The van der Waals surface area contributed by atoms with Crippen LogP contribution in [0.2, 0.25) is 5.02 Å². The molecule has 8 nitrogen and oxygen atoms in total. The van der Waals surface area contributed by atoms with Gasteiger partial charge in [-0.1, -0.05) is 47.9 Å². The van der Waals surface area contributed by atoms with Gasteiger partial charge in [-0.25, -0.2) is 0 Å². The SMILES string of the molecule is CCNC[C@@H]1CN(c2cncc3ccccc23)C(=O)[C@]12CN(Cc1cc(C)no1)C(=O)c1ccc(Cl)cc12. The summed E-state index contributed by atoms with van der Waals surface area (Å²) in [5.41, 5.74) is 1.68. The third-order valence-corrected chi connectivity index (χ3v) is 7.98. The van der Waals surface area contributed by atoms with Gasteiger partial charge >= 0.3 is 0 Å². The molecule has 1 N–H and O–H groups in total. The molecule has 0 saturated carbocycles. The smallest absolute Gasteiger partial charge is 0.254 e. The summed E-state index contributed by atoms with van der Waals surface area (Å²) in [6.07, 6.45) is 3.56. The molecule has 0 bridgehead atoms. The highest BCUT2D eigenvalue weighted by Crippen LogP contribution is 2.48. The zero-order valence-electron chi connectivity index (χ0n) is 21.3. The average Bonchev–Trinajstić information content (AvgIpc) is 3.45. The Balaban J connectivity index is 1.51. The number of nitrogens with zero attached hydrogens (tertiary/aromatic N) is 4. The van der Waals surface area contributed by atoms with Gasteiger partial charge in [0.2, 0.25) is 5.91 Å². The molecular weight excluding hydrogens is 502 g/mol. The number of carbonyl (C=O) groups is 2. The van der Waals surface area contributed by atoms with E-state index in [1.165, 1.54) is 0 Å². The summed E-state index contributed by atoms with van der Waals surface area (Å²) >= 11 is 6.49. The molecule has 2 aliphatic rings. The maximum atomic E-state index is 14.7. The summed E-state index contributed by atoms with van der Waals surface area (Å²) in [6, 6.07) is 15.0. The van der Waals surface area contributed by atoms with E-state index in [1.807, 2.05) is 49.1 Å². The Bertz CT molecular complexity index is 1550. The van der Waals surface area contributed by atoms with Crippen LogP contribution in [0.5, 0.6) is 0 Å². The third kappa shape index (κ3) is 3.87. The van der Waals surface area contributed by atoms with Crippen molar-refractivity contribution in [2.75, 3.05) is 31.1 Å². The maximum absolute atomic E-state index is 14.7. The molecule has 2 aromatic carbocycles. The molecule has 2 aromatic heterocycles. The molecule has 9 heteroatoms. The summed E-state index contributed by atoms with van der Waals surface area (Å²) in [5.74, 6) is 0.232. The number of amides is 2. The van der Waals surface area contributed by atoms with Gasteiger partial charge in [-0.05, 0) is 37.2 Å². The average molecular weight is 530 g/mol. The van der Waals surface area contributed by atoms with E-state index in [0.29, 0.717) is 35.0 Å². The van der Waals surface area contributed by atoms with Crippen molar-refractivity contribution in [3.05, 3.63) is 88.5 Å². The van der Waals surface area contributed by atoms with Crippen molar-refractivity contribution < 1.29 is 14.1 Å². The van der Waals surface area contributed by atoms with E-state index in [9.17, 15) is 9.59 Å². The fraction of sp³-hybridized carbons (Fsp3) is 0.310. The van der Waals surface area contributed by atoms with Crippen molar-refractivity contribution >= 4 is 39.9 Å². The molecular formula is C29H28ClN5O3. The van der Waals surface area contributed by atoms with E-state index in [4.69, 9.17) is 16.1 Å². The highest BCUT2D eigenvalue weighted by atomic mass is 35.5. The van der Waals surface area contributed by atoms with Gasteiger partial charge in [0.1, 0.15) is 0 Å². The number of carbonyl (C=O) groups excluding carboxylic acids is 2. The molecule has 194 valence electrons. The molecule has 2 amide bonds. The normalized spacial score (nSPS) is 21.1. The van der Waals surface area contributed by atoms with Crippen molar-refractivity contribution in [1.29, 1.82) is 0 Å². The highest BCUT2D eigenvalue weighted by Gasteiger charge is 2.59. The number of hydrogen-bond donors (Lipinski definition) is 1. The van der Waals surface area contributed by atoms with Gasteiger partial charge in [0.25, 0.3) is 5.91 Å². The van der Waals surface area contributed by atoms with Crippen LogP contribution in [0.4, 0.5) is 5.69 Å². The molecule has 0 unspecified atom stereocenters. The van der Waals surface area contributed by atoms with E-state index in [0.717, 1.165) is 28.7 Å². The topological polar surface area (TPSA) is 91.6 Å². The number of pyridine rings is 1. The number of benzene rings is 2. The fourth-order valence-electron chi connectivity index (χ4n) is 5.99. The van der Waals surface area contributed by atoms with Crippen LogP contribution in [0.15, 0.2) is 65.4 Å². The van der Waals surface area contributed by atoms with E-state index in [2.05, 4.69) is 15.5 Å². The minimum Gasteiger partial charge on any atom is -0.359 e. The highest BCUT2D eigenvalue weighted by molar-refractivity contribution is 6.31. The zero-order valence-corrected chi connectivity index (χ0v) is 22.0. The van der Waals surface area contributed by atoms with E-state index >= 15 is 0 Å². The largest absolute Gasteiger partial charge is 0.359 e. The van der Waals surface area contributed by atoms with Gasteiger partial charge in [0.05, 0.1) is 29.5 Å². The van der Waals surface area contributed by atoms with Crippen LogP contribution < -0.4 is 10.2 Å². The van der Waals surface area contributed by atoms with Crippen LogP contribution >= 0.6 is 11.6 Å². The summed E-state index contributed by atoms with van der Waals surface area (Å²) in [7, 11) is 0. The number of nitrogens with one attached hydrogen (secondary N) is 1. The summed E-state index contributed by atoms with van der Waals surface area (Å²) in [6.45, 7) is 6.17. The van der Waals surface area contributed by atoms with Crippen LogP contribution in [0, 0.1) is 12.8 Å². The van der Waals surface area contributed by atoms with Crippen LogP contribution in [-0.2, 0) is 16.8 Å². The number of fused-ring (bicyclic) bond motifs is 3. The third-order valence-electron chi connectivity index (χ3n) is 7.75. The lowest BCUT2D eigenvalue weighted by molar-refractivity contribution is -0.123. The van der Waals surface area contributed by atoms with Crippen molar-refractivity contribution in [1.82, 2.24) is 20.4 Å². The maximum Gasteiger partial charge on any atom is 0.254 e. The van der Waals surface area contributed by atoms with Gasteiger partial charge in [-0.3, -0.25) is 14.6 Å². The van der Waals surface area contributed by atoms with Gasteiger partial charge in [-0.2, -0.15) is 0 Å². The van der Waals surface area contributed by atoms with Gasteiger partial charge in [0, 0.05) is 59.2 Å². The number of hydrogen-bond acceptors (Lipinski definition) is 6. The Morgan fingerprint density at radius 2 is 2.00 bits per heavy atom. The molecule has 6 rings (SSSR count). The number of rotatable bonds is 6. The summed E-state index contributed by atoms with van der Waals surface area (Å²) < 4.78 is 5.45. The predicted molar refractivity (Wildman–Crippen MR) is 145 cm³/mol. The fourth-order valence-corrected chi connectivity index (χ4v) is 6.17. The van der Waals surface area contributed by atoms with Crippen LogP contribution in [0.25, 0.3) is 10.8 Å². The number of halogens is 1. The molecule has 0 radical (unpaired) electrons. The zero-order chi connectivity index (χ0) is 26.4. The number of anilines is 1. The second-order valence-electron chi connectivity index (χ2n) is 10.1. The standard InChI is InChI=1S/C29H28ClN5O3/c1-3-31-13-20-15-35(26-14-32-12-19-6-4-5-7-23(19)26)28(37)29(20)17-34(16-22-10-18(2)33-38-22)27(36)24-9-8-21(30)11-25(24)29/h4-12,14,20,31H,3,13,15-17H2,1-2H3/t20-,29-/m1/s1. The summed E-state index contributed by atoms with van der Waals surface area (Å²) in [4.78, 5) is 36.4. The minimum absolute atomic E-state index is 0.0617. The Labute approximate surface area is 225 Å². The number of aromatic nitrogens is 2. The summed E-state index contributed by atoms with van der Waals surface area (Å²) in [5, 5.41) is 9.86. The first-order chi connectivity index (χ1) is 18.4. The minimum atomic E-state index is -0.998. The molecule has 1 saturated heterocycles. The first-order valence-electron chi connectivity index (χ1n) is 12.8. The second kappa shape index (κ2) is 9.53. The van der Waals surface area contributed by atoms with Gasteiger partial charge in [0.15, 0.2) is 5.76 Å². The Morgan fingerprint density at radius 1 is 1.16 bits per heavy atom.